The van der Waals surface area contributed by atoms with Crippen LogP contribution >= 0.6 is 11.3 Å². The molecule has 0 amide bonds. The Balaban J connectivity index is 1.20. The van der Waals surface area contributed by atoms with Crippen molar-refractivity contribution in [3.8, 4) is 56.5 Å². The van der Waals surface area contributed by atoms with Gasteiger partial charge in [-0.25, -0.2) is 19.9 Å². The highest BCUT2D eigenvalue weighted by Crippen LogP contribution is 2.43. The summed E-state index contributed by atoms with van der Waals surface area (Å²) in [6.07, 6.45) is 0. The highest BCUT2D eigenvalue weighted by Gasteiger charge is 2.18. The van der Waals surface area contributed by atoms with Crippen LogP contribution in [0.15, 0.2) is 170 Å². The lowest BCUT2D eigenvalue weighted by molar-refractivity contribution is 1.07. The molecule has 7 aromatic carbocycles. The third kappa shape index (κ3) is 5.14. The molecule has 0 fully saturated rings. The SMILES string of the molecule is c1ccc(-c2ccc(-c3nc(-c4ccccc4)nc(-c4ccc5c(c4)nc(-c4ccccc4)c4ccc6sc7ccccc7c6c45)n3)cc2)cc1. The summed E-state index contributed by atoms with van der Waals surface area (Å²) in [5.41, 5.74) is 8.02. The molecule has 3 aromatic heterocycles. The average Bonchev–Trinajstić information content (AvgIpc) is 3.60. The van der Waals surface area contributed by atoms with E-state index in [2.05, 4.69) is 127 Å². The van der Waals surface area contributed by atoms with Crippen LogP contribution in [0.5, 0.6) is 0 Å². The van der Waals surface area contributed by atoms with Gasteiger partial charge < -0.3 is 0 Å². The van der Waals surface area contributed by atoms with E-state index in [1.165, 1.54) is 31.1 Å². The highest BCUT2D eigenvalue weighted by atomic mass is 32.1. The zero-order valence-corrected chi connectivity index (χ0v) is 28.2. The van der Waals surface area contributed by atoms with Crippen LogP contribution in [0.2, 0.25) is 0 Å². The lowest BCUT2D eigenvalue weighted by atomic mass is 9.95. The van der Waals surface area contributed by atoms with Gasteiger partial charge in [-0.15, -0.1) is 11.3 Å². The van der Waals surface area contributed by atoms with Gasteiger partial charge in [-0.1, -0.05) is 152 Å². The second-order valence-electron chi connectivity index (χ2n) is 12.6. The van der Waals surface area contributed by atoms with E-state index in [0.29, 0.717) is 17.5 Å². The van der Waals surface area contributed by atoms with E-state index in [1.54, 1.807) is 0 Å². The number of fused-ring (bicyclic) bond motifs is 7. The van der Waals surface area contributed by atoms with Gasteiger partial charge in [-0.05, 0) is 29.3 Å². The highest BCUT2D eigenvalue weighted by molar-refractivity contribution is 7.26. The molecule has 3 heterocycles. The standard InChI is InChI=1S/C46H28N4S/c1-4-12-29(13-5-1)30-20-22-33(23-21-30)45-48-44(32-16-8-3-9-17-32)49-46(50-45)34-24-25-35-38(28-34)47-43(31-14-6-2-7-15-31)37-26-27-40-42(41(35)37)36-18-10-11-19-39(36)51-40/h1-28H. The van der Waals surface area contributed by atoms with E-state index >= 15 is 0 Å². The predicted octanol–water partition coefficient (Wildman–Crippen LogP) is 12.3. The van der Waals surface area contributed by atoms with Crippen molar-refractivity contribution in [2.75, 3.05) is 0 Å². The van der Waals surface area contributed by atoms with Gasteiger partial charge in [0, 0.05) is 58.6 Å². The van der Waals surface area contributed by atoms with E-state index < -0.39 is 0 Å². The van der Waals surface area contributed by atoms with Gasteiger partial charge in [0.15, 0.2) is 17.5 Å². The maximum Gasteiger partial charge on any atom is 0.164 e. The fourth-order valence-corrected chi connectivity index (χ4v) is 8.17. The van der Waals surface area contributed by atoms with Gasteiger partial charge in [-0.2, -0.15) is 0 Å². The third-order valence-electron chi connectivity index (χ3n) is 9.52. The number of hydrogen-bond acceptors (Lipinski definition) is 5. The fraction of sp³-hybridized carbons (Fsp3) is 0. The summed E-state index contributed by atoms with van der Waals surface area (Å²) in [6.45, 7) is 0. The minimum Gasteiger partial charge on any atom is -0.247 e. The predicted molar refractivity (Wildman–Crippen MR) is 213 cm³/mol. The first-order valence-electron chi connectivity index (χ1n) is 17.0. The molecule has 0 aliphatic heterocycles. The van der Waals surface area contributed by atoms with Crippen molar-refractivity contribution in [1.29, 1.82) is 0 Å². The zero-order valence-electron chi connectivity index (χ0n) is 27.4. The van der Waals surface area contributed by atoms with Crippen molar-refractivity contribution >= 4 is 53.2 Å². The minimum absolute atomic E-state index is 0.607. The molecule has 0 aliphatic carbocycles. The molecule has 5 heteroatoms. The smallest absolute Gasteiger partial charge is 0.164 e. The van der Waals surface area contributed by atoms with Crippen molar-refractivity contribution in [2.24, 2.45) is 0 Å². The normalized spacial score (nSPS) is 11.5. The van der Waals surface area contributed by atoms with Crippen molar-refractivity contribution in [3.05, 3.63) is 170 Å². The molecule has 4 nitrogen and oxygen atoms in total. The first-order chi connectivity index (χ1) is 25.3. The molecule has 0 atom stereocenters. The van der Waals surface area contributed by atoms with E-state index in [4.69, 9.17) is 19.9 Å². The molecule has 0 radical (unpaired) electrons. The maximum atomic E-state index is 5.36. The summed E-state index contributed by atoms with van der Waals surface area (Å²) in [4.78, 5) is 20.5. The Morgan fingerprint density at radius 3 is 1.53 bits per heavy atom. The maximum absolute atomic E-state index is 5.36. The largest absolute Gasteiger partial charge is 0.247 e. The summed E-state index contributed by atoms with van der Waals surface area (Å²) in [5, 5.41) is 6.02. The molecule has 51 heavy (non-hydrogen) atoms. The molecule has 0 saturated heterocycles. The van der Waals surface area contributed by atoms with Crippen LogP contribution in [-0.2, 0) is 0 Å². The lowest BCUT2D eigenvalue weighted by Gasteiger charge is -2.13. The van der Waals surface area contributed by atoms with Crippen LogP contribution in [0, 0.1) is 0 Å². The van der Waals surface area contributed by atoms with Crippen LogP contribution in [0.3, 0.4) is 0 Å². The van der Waals surface area contributed by atoms with Gasteiger partial charge in [0.1, 0.15) is 0 Å². The van der Waals surface area contributed by atoms with E-state index in [-0.39, 0.29) is 0 Å². The van der Waals surface area contributed by atoms with Gasteiger partial charge in [0.05, 0.1) is 11.2 Å². The van der Waals surface area contributed by atoms with Crippen LogP contribution in [-0.4, -0.2) is 19.9 Å². The fourth-order valence-electron chi connectivity index (χ4n) is 7.06. The number of aromatic nitrogens is 4. The Labute approximate surface area is 298 Å². The second kappa shape index (κ2) is 12.1. The number of hydrogen-bond donors (Lipinski definition) is 0. The van der Waals surface area contributed by atoms with E-state index in [9.17, 15) is 0 Å². The topological polar surface area (TPSA) is 51.6 Å². The Kier molecular flexibility index (Phi) is 6.96. The van der Waals surface area contributed by atoms with Crippen molar-refractivity contribution in [2.45, 2.75) is 0 Å². The Hall–Kier alpha value is -6.56. The van der Waals surface area contributed by atoms with Crippen LogP contribution < -0.4 is 0 Å². The summed E-state index contributed by atoms with van der Waals surface area (Å²) in [7, 11) is 0. The Morgan fingerprint density at radius 2 is 0.824 bits per heavy atom. The molecule has 238 valence electrons. The first-order valence-corrected chi connectivity index (χ1v) is 17.8. The van der Waals surface area contributed by atoms with Crippen LogP contribution in [0.1, 0.15) is 0 Å². The van der Waals surface area contributed by atoms with Crippen molar-refractivity contribution < 1.29 is 0 Å². The second-order valence-corrected chi connectivity index (χ2v) is 13.7. The molecular formula is C46H28N4S. The summed E-state index contributed by atoms with van der Waals surface area (Å²) < 4.78 is 2.55. The molecule has 0 aliphatic rings. The number of benzene rings is 7. The van der Waals surface area contributed by atoms with E-state index in [1.807, 2.05) is 53.8 Å². The molecular weight excluding hydrogens is 641 g/mol. The average molecular weight is 669 g/mol. The Bertz CT molecular complexity index is 2890. The van der Waals surface area contributed by atoms with Crippen LogP contribution in [0.25, 0.3) is 98.4 Å². The van der Waals surface area contributed by atoms with Crippen molar-refractivity contribution in [3.63, 3.8) is 0 Å². The summed E-state index contributed by atoms with van der Waals surface area (Å²) >= 11 is 1.84. The summed E-state index contributed by atoms with van der Waals surface area (Å²) in [6, 6.07) is 59.1. The third-order valence-corrected chi connectivity index (χ3v) is 10.7. The first kappa shape index (κ1) is 29.4. The monoisotopic (exact) mass is 668 g/mol. The number of nitrogens with zero attached hydrogens (tertiary/aromatic N) is 4. The quantitative estimate of drug-likeness (QED) is 0.171. The number of thiophene rings is 1. The van der Waals surface area contributed by atoms with Crippen molar-refractivity contribution in [1.82, 2.24) is 19.9 Å². The molecule has 0 unspecified atom stereocenters. The van der Waals surface area contributed by atoms with Gasteiger partial charge in [-0.3, -0.25) is 0 Å². The van der Waals surface area contributed by atoms with Gasteiger partial charge in [0.25, 0.3) is 0 Å². The molecule has 10 rings (SSSR count). The van der Waals surface area contributed by atoms with Crippen LogP contribution in [0.4, 0.5) is 0 Å². The van der Waals surface area contributed by atoms with E-state index in [0.717, 1.165) is 49.8 Å². The molecule has 0 saturated carbocycles. The molecule has 10 aromatic rings. The molecule has 0 bridgehead atoms. The number of rotatable bonds is 5. The zero-order chi connectivity index (χ0) is 33.7. The summed E-state index contributed by atoms with van der Waals surface area (Å²) in [5.74, 6) is 1.86. The minimum atomic E-state index is 0.607. The van der Waals surface area contributed by atoms with Gasteiger partial charge in [0.2, 0.25) is 0 Å². The molecule has 0 spiro atoms. The number of pyridine rings is 1. The molecule has 0 N–H and O–H groups in total. The van der Waals surface area contributed by atoms with Gasteiger partial charge >= 0.3 is 0 Å². The Morgan fingerprint density at radius 1 is 0.314 bits per heavy atom. The lowest BCUT2D eigenvalue weighted by Crippen LogP contribution is -2.00.